The first-order valence-electron chi connectivity index (χ1n) is 6.18. The van der Waals surface area contributed by atoms with Crippen LogP contribution in [0.1, 0.15) is 17.3 Å². The van der Waals surface area contributed by atoms with Gasteiger partial charge in [0.25, 0.3) is 0 Å². The summed E-state index contributed by atoms with van der Waals surface area (Å²) in [5.41, 5.74) is 6.12. The molecule has 0 saturated heterocycles. The molecule has 0 amide bonds. The van der Waals surface area contributed by atoms with Crippen LogP contribution in [0.15, 0.2) is 60.8 Å². The van der Waals surface area contributed by atoms with Crippen molar-refractivity contribution in [2.45, 2.75) is 6.92 Å². The zero-order valence-electron chi connectivity index (χ0n) is 10.6. The van der Waals surface area contributed by atoms with Gasteiger partial charge in [0.1, 0.15) is 0 Å². The number of aromatic nitrogens is 1. The highest BCUT2D eigenvalue weighted by molar-refractivity contribution is 5.98. The molecule has 94 valence electrons. The molecule has 1 aromatic heterocycles. The highest BCUT2D eigenvalue weighted by atomic mass is 16.1. The standard InChI is InChI=1S/C16H14N2O/c1-12(19)13-7-8-16-14(11-13)9-10-18(16)17-15-5-3-2-4-6-15/h2-11,17H,1H3. The molecule has 0 spiro atoms. The Morgan fingerprint density at radius 2 is 1.84 bits per heavy atom. The summed E-state index contributed by atoms with van der Waals surface area (Å²) in [6.07, 6.45) is 1.96. The number of nitrogens with zero attached hydrogens (tertiary/aromatic N) is 1. The van der Waals surface area contributed by atoms with Crippen molar-refractivity contribution in [3.63, 3.8) is 0 Å². The molecule has 0 aliphatic carbocycles. The Labute approximate surface area is 111 Å². The van der Waals surface area contributed by atoms with Gasteiger partial charge in [-0.15, -0.1) is 0 Å². The van der Waals surface area contributed by atoms with Gasteiger partial charge in [0.2, 0.25) is 0 Å². The summed E-state index contributed by atoms with van der Waals surface area (Å²) in [7, 11) is 0. The van der Waals surface area contributed by atoms with Crippen molar-refractivity contribution in [3.05, 3.63) is 66.4 Å². The van der Waals surface area contributed by atoms with Crippen molar-refractivity contribution in [3.8, 4) is 0 Å². The fraction of sp³-hybridized carbons (Fsp3) is 0.0625. The summed E-state index contributed by atoms with van der Waals surface area (Å²) in [6, 6.07) is 17.7. The minimum absolute atomic E-state index is 0.0886. The average Bonchev–Trinajstić information content (AvgIpc) is 2.82. The zero-order chi connectivity index (χ0) is 13.2. The Hall–Kier alpha value is -2.55. The number of hydrogen-bond donors (Lipinski definition) is 1. The Bertz CT molecular complexity index is 729. The van der Waals surface area contributed by atoms with E-state index in [1.54, 1.807) is 6.92 Å². The van der Waals surface area contributed by atoms with Gasteiger partial charge in [0.05, 0.1) is 11.2 Å². The van der Waals surface area contributed by atoms with E-state index in [0.717, 1.165) is 22.2 Å². The van der Waals surface area contributed by atoms with E-state index in [1.165, 1.54) is 0 Å². The van der Waals surface area contributed by atoms with Crippen LogP contribution in [0, 0.1) is 0 Å². The number of Topliss-reactive ketones (excluding diaryl/α,β-unsaturated/α-hetero) is 1. The number of anilines is 1. The quantitative estimate of drug-likeness (QED) is 0.719. The molecule has 0 aliphatic heterocycles. The van der Waals surface area contributed by atoms with Gasteiger partial charge in [0.15, 0.2) is 5.78 Å². The van der Waals surface area contributed by atoms with Crippen LogP contribution in [-0.2, 0) is 0 Å². The first-order chi connectivity index (χ1) is 9.24. The smallest absolute Gasteiger partial charge is 0.159 e. The molecule has 0 radical (unpaired) electrons. The SMILES string of the molecule is CC(=O)c1ccc2c(ccn2Nc2ccccc2)c1. The lowest BCUT2D eigenvalue weighted by molar-refractivity contribution is 0.101. The molecule has 19 heavy (non-hydrogen) atoms. The van der Waals surface area contributed by atoms with Crippen LogP contribution in [0.3, 0.4) is 0 Å². The number of carbonyl (C=O) groups is 1. The van der Waals surface area contributed by atoms with Crippen molar-refractivity contribution >= 4 is 22.4 Å². The fourth-order valence-corrected chi connectivity index (χ4v) is 2.11. The van der Waals surface area contributed by atoms with Gasteiger partial charge < -0.3 is 0 Å². The first kappa shape index (κ1) is 11.5. The molecule has 3 rings (SSSR count). The van der Waals surface area contributed by atoms with Crippen molar-refractivity contribution in [2.75, 3.05) is 5.43 Å². The average molecular weight is 250 g/mol. The van der Waals surface area contributed by atoms with E-state index in [4.69, 9.17) is 0 Å². The zero-order valence-corrected chi connectivity index (χ0v) is 10.6. The highest BCUT2D eigenvalue weighted by Crippen LogP contribution is 2.18. The summed E-state index contributed by atoms with van der Waals surface area (Å²) in [4.78, 5) is 11.4. The summed E-state index contributed by atoms with van der Waals surface area (Å²) >= 11 is 0. The maximum atomic E-state index is 11.4. The minimum atomic E-state index is 0.0886. The van der Waals surface area contributed by atoms with Crippen LogP contribution in [0.25, 0.3) is 10.9 Å². The third-order valence-corrected chi connectivity index (χ3v) is 3.12. The summed E-state index contributed by atoms with van der Waals surface area (Å²) in [6.45, 7) is 1.58. The van der Waals surface area contributed by atoms with Gasteiger partial charge in [-0.3, -0.25) is 14.9 Å². The monoisotopic (exact) mass is 250 g/mol. The number of fused-ring (bicyclic) bond motifs is 1. The Balaban J connectivity index is 1.99. The normalized spacial score (nSPS) is 10.6. The van der Waals surface area contributed by atoms with Crippen molar-refractivity contribution < 1.29 is 4.79 Å². The van der Waals surface area contributed by atoms with E-state index in [9.17, 15) is 4.79 Å². The third-order valence-electron chi connectivity index (χ3n) is 3.12. The summed E-state index contributed by atoms with van der Waals surface area (Å²) in [5, 5.41) is 1.05. The van der Waals surface area contributed by atoms with Crippen LogP contribution in [0.2, 0.25) is 0 Å². The van der Waals surface area contributed by atoms with Crippen LogP contribution >= 0.6 is 0 Å². The Kier molecular flexibility index (Phi) is 2.80. The van der Waals surface area contributed by atoms with Crippen molar-refractivity contribution in [1.29, 1.82) is 0 Å². The second-order valence-corrected chi connectivity index (χ2v) is 4.49. The molecular formula is C16H14N2O. The van der Waals surface area contributed by atoms with E-state index >= 15 is 0 Å². The van der Waals surface area contributed by atoms with Crippen LogP contribution in [0.4, 0.5) is 5.69 Å². The molecule has 1 N–H and O–H groups in total. The number of carbonyl (C=O) groups excluding carboxylic acids is 1. The molecule has 3 heteroatoms. The molecule has 0 fully saturated rings. The van der Waals surface area contributed by atoms with Gasteiger partial charge in [-0.25, -0.2) is 0 Å². The number of benzene rings is 2. The van der Waals surface area contributed by atoms with E-state index in [0.29, 0.717) is 0 Å². The lowest BCUT2D eigenvalue weighted by Crippen LogP contribution is -2.06. The maximum absolute atomic E-state index is 11.4. The van der Waals surface area contributed by atoms with E-state index in [1.807, 2.05) is 65.5 Å². The second-order valence-electron chi connectivity index (χ2n) is 4.49. The molecule has 3 aromatic rings. The Morgan fingerprint density at radius 3 is 2.58 bits per heavy atom. The maximum Gasteiger partial charge on any atom is 0.159 e. The fourth-order valence-electron chi connectivity index (χ4n) is 2.11. The molecule has 0 unspecified atom stereocenters. The van der Waals surface area contributed by atoms with E-state index < -0.39 is 0 Å². The van der Waals surface area contributed by atoms with E-state index in [2.05, 4.69) is 5.43 Å². The molecule has 2 aromatic carbocycles. The molecule has 0 saturated carbocycles. The van der Waals surface area contributed by atoms with Crippen molar-refractivity contribution in [2.24, 2.45) is 0 Å². The molecule has 0 aliphatic rings. The number of rotatable bonds is 3. The topological polar surface area (TPSA) is 34.0 Å². The third kappa shape index (κ3) is 2.22. The number of nitrogens with one attached hydrogen (secondary N) is 1. The Morgan fingerprint density at radius 1 is 1.05 bits per heavy atom. The summed E-state index contributed by atoms with van der Waals surface area (Å²) < 4.78 is 1.95. The molecule has 0 bridgehead atoms. The van der Waals surface area contributed by atoms with Crippen LogP contribution in [-0.4, -0.2) is 10.5 Å². The largest absolute Gasteiger partial charge is 0.295 e. The predicted octanol–water partition coefficient (Wildman–Crippen LogP) is 3.72. The summed E-state index contributed by atoms with van der Waals surface area (Å²) in [5.74, 6) is 0.0886. The number of ketones is 1. The van der Waals surface area contributed by atoms with Gasteiger partial charge in [-0.1, -0.05) is 18.2 Å². The lowest BCUT2D eigenvalue weighted by Gasteiger charge is -2.09. The minimum Gasteiger partial charge on any atom is -0.295 e. The van der Waals surface area contributed by atoms with Gasteiger partial charge in [0, 0.05) is 17.1 Å². The van der Waals surface area contributed by atoms with Crippen molar-refractivity contribution in [1.82, 2.24) is 4.68 Å². The number of para-hydroxylation sites is 1. The van der Waals surface area contributed by atoms with Gasteiger partial charge in [-0.2, -0.15) is 0 Å². The molecule has 1 heterocycles. The highest BCUT2D eigenvalue weighted by Gasteiger charge is 2.04. The van der Waals surface area contributed by atoms with Crippen LogP contribution < -0.4 is 5.43 Å². The van der Waals surface area contributed by atoms with E-state index in [-0.39, 0.29) is 5.78 Å². The number of hydrogen-bond acceptors (Lipinski definition) is 2. The van der Waals surface area contributed by atoms with Crippen LogP contribution in [0.5, 0.6) is 0 Å². The second kappa shape index (κ2) is 4.61. The first-order valence-corrected chi connectivity index (χ1v) is 6.18. The molecule has 3 nitrogen and oxygen atoms in total. The molecule has 0 atom stereocenters. The lowest BCUT2D eigenvalue weighted by atomic mass is 10.1. The molecular weight excluding hydrogens is 236 g/mol. The van der Waals surface area contributed by atoms with Gasteiger partial charge >= 0.3 is 0 Å². The van der Waals surface area contributed by atoms with Gasteiger partial charge in [-0.05, 0) is 43.3 Å². The predicted molar refractivity (Wildman–Crippen MR) is 77.4 cm³/mol.